The van der Waals surface area contributed by atoms with E-state index < -0.39 is 30.1 Å². The molecule has 3 rings (SSSR count). The number of carbonyl (C=O) groups excluding carboxylic acids is 4. The fourth-order valence-electron chi connectivity index (χ4n) is 8.53. The van der Waals surface area contributed by atoms with Crippen molar-refractivity contribution in [2.45, 2.75) is 130 Å². The lowest BCUT2D eigenvalue weighted by atomic mass is 9.85. The third-order valence-corrected chi connectivity index (χ3v) is 11.8. The third-order valence-electron chi connectivity index (χ3n) is 11.8. The highest BCUT2D eigenvalue weighted by atomic mass is 16.5. The van der Waals surface area contributed by atoms with Crippen molar-refractivity contribution in [1.82, 2.24) is 14.7 Å². The highest BCUT2D eigenvalue weighted by Crippen LogP contribution is 2.31. The highest BCUT2D eigenvalue weighted by molar-refractivity contribution is 5.86. The Morgan fingerprint density at radius 2 is 1.58 bits per heavy atom. The van der Waals surface area contributed by atoms with Gasteiger partial charge in [-0.3, -0.25) is 19.2 Å². The molecule has 0 aromatic heterocycles. The van der Waals surface area contributed by atoms with Crippen LogP contribution < -0.4 is 0 Å². The van der Waals surface area contributed by atoms with E-state index in [1.807, 2.05) is 74.8 Å². The average molecular weight is 744 g/mol. The molecule has 10 atom stereocenters. The Bertz CT molecular complexity index is 1300. The maximum absolute atomic E-state index is 14.3. The first-order valence-electron chi connectivity index (χ1n) is 19.9. The van der Waals surface area contributed by atoms with Gasteiger partial charge in [0.15, 0.2) is 0 Å². The largest absolute Gasteiger partial charge is 0.396 e. The van der Waals surface area contributed by atoms with E-state index in [1.165, 1.54) is 0 Å². The molecule has 0 unspecified atom stereocenters. The van der Waals surface area contributed by atoms with Crippen molar-refractivity contribution in [3.63, 3.8) is 0 Å². The van der Waals surface area contributed by atoms with Gasteiger partial charge in [-0.2, -0.15) is 0 Å². The Morgan fingerprint density at radius 3 is 2.13 bits per heavy atom. The molecule has 300 valence electrons. The molecule has 3 amide bonds. The molecule has 0 saturated carbocycles. The predicted octanol–water partition coefficient (Wildman–Crippen LogP) is 5.02. The molecule has 0 aliphatic carbocycles. The van der Waals surface area contributed by atoms with E-state index in [-0.39, 0.29) is 85.4 Å². The summed E-state index contributed by atoms with van der Waals surface area (Å²) in [6.07, 6.45) is 2.08. The van der Waals surface area contributed by atoms with Crippen molar-refractivity contribution in [2.75, 3.05) is 47.5 Å². The maximum Gasteiger partial charge on any atom is 0.226 e. The molecule has 2 saturated heterocycles. The standard InChI is InChI=1S/C42H69N3O8/c1-11-28(4)40(43(8)42(50)34(27(2)3)22-38(48)44-24-29(5)53-30(6)25-44)37(51-9)23-39(49)45-19-15-18-35(45)41(52-10)31(7)36(47)21-33(26-46)20-32-16-13-12-14-17-32/h12-14,16-17,27-31,33-35,37,40-41,46H,11,15,18-26H2,1-10H3/t28-,29-,30+,31-,33+,34-,35-,37+,40-,41+/m0/s1. The summed E-state index contributed by atoms with van der Waals surface area (Å²) in [5.74, 6) is -1.52. The number of benzene rings is 1. The molecule has 11 heteroatoms. The van der Waals surface area contributed by atoms with Gasteiger partial charge >= 0.3 is 0 Å². The Morgan fingerprint density at radius 1 is 0.943 bits per heavy atom. The summed E-state index contributed by atoms with van der Waals surface area (Å²) in [6, 6.07) is 9.17. The van der Waals surface area contributed by atoms with Crippen LogP contribution in [-0.2, 0) is 39.8 Å². The van der Waals surface area contributed by atoms with Crippen molar-refractivity contribution >= 4 is 23.5 Å². The molecule has 53 heavy (non-hydrogen) atoms. The number of nitrogens with zero attached hydrogens (tertiary/aromatic N) is 3. The van der Waals surface area contributed by atoms with Crippen LogP contribution in [0, 0.1) is 29.6 Å². The summed E-state index contributed by atoms with van der Waals surface area (Å²) >= 11 is 0. The highest BCUT2D eigenvalue weighted by Gasteiger charge is 2.43. The van der Waals surface area contributed by atoms with Crippen LogP contribution in [-0.4, -0.2) is 127 Å². The molecule has 2 heterocycles. The first kappa shape index (κ1) is 44.5. The van der Waals surface area contributed by atoms with Crippen LogP contribution in [0.4, 0.5) is 0 Å². The number of rotatable bonds is 20. The number of hydrogen-bond donors (Lipinski definition) is 1. The fourth-order valence-corrected chi connectivity index (χ4v) is 8.53. The van der Waals surface area contributed by atoms with Crippen LogP contribution in [0.1, 0.15) is 92.6 Å². The van der Waals surface area contributed by atoms with Crippen molar-refractivity contribution in [3.05, 3.63) is 35.9 Å². The second-order valence-electron chi connectivity index (χ2n) is 16.1. The van der Waals surface area contributed by atoms with E-state index in [2.05, 4.69) is 13.8 Å². The second kappa shape index (κ2) is 21.3. The van der Waals surface area contributed by atoms with Crippen LogP contribution in [0.25, 0.3) is 0 Å². The number of amides is 3. The van der Waals surface area contributed by atoms with Gasteiger partial charge in [0.2, 0.25) is 17.7 Å². The molecule has 0 spiro atoms. The minimum atomic E-state index is -0.583. The summed E-state index contributed by atoms with van der Waals surface area (Å²) in [4.78, 5) is 61.0. The SMILES string of the molecule is CC[C@H](C)[C@@H]([C@@H](CC(=O)N1CCC[C@H]1[C@H](OC)[C@@H](C)C(=O)C[C@H](CO)Cc1ccccc1)OC)N(C)C(=O)[C@@H](CC(=O)N1C[C@@H](C)O[C@@H](C)C1)C(C)C. The van der Waals surface area contributed by atoms with Crippen LogP contribution >= 0.6 is 0 Å². The monoisotopic (exact) mass is 744 g/mol. The van der Waals surface area contributed by atoms with Crippen molar-refractivity contribution in [2.24, 2.45) is 29.6 Å². The summed E-state index contributed by atoms with van der Waals surface area (Å²) in [6.45, 7) is 15.3. The number of likely N-dealkylation sites (N-methyl/N-ethyl adjacent to an activating group) is 1. The first-order chi connectivity index (χ1) is 25.2. The van der Waals surface area contributed by atoms with Gasteiger partial charge in [-0.05, 0) is 56.4 Å². The number of carbonyl (C=O) groups is 4. The molecule has 0 bridgehead atoms. The molecule has 2 aliphatic heterocycles. The molecule has 1 N–H and O–H groups in total. The van der Waals surface area contributed by atoms with Crippen LogP contribution in [0.3, 0.4) is 0 Å². The predicted molar refractivity (Wildman–Crippen MR) is 206 cm³/mol. The number of aliphatic hydroxyl groups excluding tert-OH is 1. The Hall–Kier alpha value is -2.86. The molecule has 1 aromatic rings. The normalized spacial score (nSPS) is 23.2. The molecule has 11 nitrogen and oxygen atoms in total. The summed E-state index contributed by atoms with van der Waals surface area (Å²) < 4.78 is 17.8. The number of ether oxygens (including phenoxy) is 3. The number of Topliss-reactive ketones (excluding diaryl/α,β-unsaturated/α-hetero) is 1. The number of methoxy groups -OCH3 is 2. The maximum atomic E-state index is 14.3. The number of hydrogen-bond acceptors (Lipinski definition) is 8. The van der Waals surface area contributed by atoms with E-state index in [0.717, 1.165) is 18.4 Å². The molecular formula is C42H69N3O8. The third kappa shape index (κ3) is 12.1. The van der Waals surface area contributed by atoms with Gasteiger partial charge < -0.3 is 34.0 Å². The zero-order chi connectivity index (χ0) is 39.4. The average Bonchev–Trinajstić information content (AvgIpc) is 3.62. The van der Waals surface area contributed by atoms with Gasteiger partial charge in [-0.15, -0.1) is 0 Å². The zero-order valence-corrected chi connectivity index (χ0v) is 34.2. The topological polar surface area (TPSA) is 126 Å². The van der Waals surface area contributed by atoms with E-state index in [4.69, 9.17) is 14.2 Å². The lowest BCUT2D eigenvalue weighted by molar-refractivity contribution is -0.152. The van der Waals surface area contributed by atoms with E-state index in [9.17, 15) is 24.3 Å². The van der Waals surface area contributed by atoms with E-state index in [0.29, 0.717) is 32.5 Å². The second-order valence-corrected chi connectivity index (χ2v) is 16.1. The molecule has 2 aliphatic rings. The molecular weight excluding hydrogens is 674 g/mol. The van der Waals surface area contributed by atoms with Gasteiger partial charge in [0, 0.05) is 72.2 Å². The van der Waals surface area contributed by atoms with Crippen LogP contribution in [0.15, 0.2) is 30.3 Å². The van der Waals surface area contributed by atoms with Crippen molar-refractivity contribution in [1.29, 1.82) is 0 Å². The fraction of sp³-hybridized carbons (Fsp3) is 0.762. The van der Waals surface area contributed by atoms with Gasteiger partial charge in [0.1, 0.15) is 5.78 Å². The zero-order valence-electron chi connectivity index (χ0n) is 34.2. The number of morpholine rings is 1. The first-order valence-corrected chi connectivity index (χ1v) is 19.9. The Balaban J connectivity index is 1.74. The lowest BCUT2D eigenvalue weighted by Gasteiger charge is -2.41. The Labute approximate surface area is 319 Å². The van der Waals surface area contributed by atoms with Gasteiger partial charge in [0.25, 0.3) is 0 Å². The van der Waals surface area contributed by atoms with Gasteiger partial charge in [-0.1, -0.05) is 71.4 Å². The lowest BCUT2D eigenvalue weighted by Crippen LogP contribution is -2.54. The summed E-state index contributed by atoms with van der Waals surface area (Å²) in [5.41, 5.74) is 1.07. The molecule has 1 aromatic carbocycles. The summed E-state index contributed by atoms with van der Waals surface area (Å²) in [7, 11) is 4.96. The number of aliphatic hydroxyl groups is 1. The molecule has 2 fully saturated rings. The van der Waals surface area contributed by atoms with Gasteiger partial charge in [0.05, 0.1) is 42.9 Å². The van der Waals surface area contributed by atoms with Crippen molar-refractivity contribution in [3.8, 4) is 0 Å². The van der Waals surface area contributed by atoms with Crippen LogP contribution in [0.2, 0.25) is 0 Å². The van der Waals surface area contributed by atoms with Crippen LogP contribution in [0.5, 0.6) is 0 Å². The minimum absolute atomic E-state index is 0.00806. The van der Waals surface area contributed by atoms with Crippen molar-refractivity contribution < 1.29 is 38.5 Å². The quantitative estimate of drug-likeness (QED) is 0.198. The summed E-state index contributed by atoms with van der Waals surface area (Å²) in [5, 5.41) is 10.1. The number of likely N-dealkylation sites (tertiary alicyclic amines) is 1. The van der Waals surface area contributed by atoms with Gasteiger partial charge in [-0.25, -0.2) is 0 Å². The minimum Gasteiger partial charge on any atom is -0.396 e. The molecule has 0 radical (unpaired) electrons. The van der Waals surface area contributed by atoms with E-state index in [1.54, 1.807) is 26.2 Å². The Kier molecular flexibility index (Phi) is 17.9. The van der Waals surface area contributed by atoms with E-state index >= 15 is 0 Å². The number of ketones is 1. The smallest absolute Gasteiger partial charge is 0.226 e.